The fourth-order valence-electron chi connectivity index (χ4n) is 2.00. The van der Waals surface area contributed by atoms with E-state index in [0.717, 1.165) is 10.2 Å². The summed E-state index contributed by atoms with van der Waals surface area (Å²) in [6.45, 7) is 8.81. The number of ether oxygens (including phenoxy) is 1. The summed E-state index contributed by atoms with van der Waals surface area (Å²) in [7, 11) is 0. The van der Waals surface area contributed by atoms with Crippen LogP contribution in [0.1, 0.15) is 39.4 Å². The summed E-state index contributed by atoms with van der Waals surface area (Å²) in [5.41, 5.74) is 0.550. The third kappa shape index (κ3) is 2.68. The van der Waals surface area contributed by atoms with Crippen molar-refractivity contribution < 1.29 is 9.53 Å². The summed E-state index contributed by atoms with van der Waals surface area (Å²) in [5, 5.41) is 4.30. The van der Waals surface area contributed by atoms with Gasteiger partial charge in [0.1, 0.15) is 5.60 Å². The highest BCUT2D eigenvalue weighted by molar-refractivity contribution is 9.10. The largest absolute Gasteiger partial charge is 0.444 e. The van der Waals surface area contributed by atoms with Crippen molar-refractivity contribution in [1.82, 2.24) is 14.7 Å². The Bertz CT molecular complexity index is 464. The van der Waals surface area contributed by atoms with Gasteiger partial charge >= 0.3 is 6.09 Å². The van der Waals surface area contributed by atoms with E-state index < -0.39 is 5.60 Å². The monoisotopic (exact) mass is 315 g/mol. The van der Waals surface area contributed by atoms with Gasteiger partial charge in [-0.3, -0.25) is 4.68 Å². The number of carbonyl (C=O) groups excluding carboxylic acids is 1. The topological polar surface area (TPSA) is 47.4 Å². The highest BCUT2D eigenvalue weighted by Gasteiger charge is 2.30. The van der Waals surface area contributed by atoms with Crippen LogP contribution < -0.4 is 0 Å². The minimum atomic E-state index is -0.463. The van der Waals surface area contributed by atoms with E-state index in [4.69, 9.17) is 4.74 Å². The van der Waals surface area contributed by atoms with Crippen LogP contribution in [0.5, 0.6) is 0 Å². The normalized spacial score (nSPS) is 19.6. The molecule has 0 spiro atoms. The number of aromatic nitrogens is 2. The van der Waals surface area contributed by atoms with Crippen LogP contribution in [0, 0.1) is 0 Å². The highest BCUT2D eigenvalue weighted by atomic mass is 79.9. The predicted octanol–water partition coefficient (Wildman–Crippen LogP) is 2.96. The third-order valence-corrected chi connectivity index (χ3v) is 3.40. The Morgan fingerprint density at radius 1 is 1.56 bits per heavy atom. The number of nitrogens with zero attached hydrogens (tertiary/aromatic N) is 3. The Kier molecular flexibility index (Phi) is 3.40. The van der Waals surface area contributed by atoms with Crippen molar-refractivity contribution in [1.29, 1.82) is 0 Å². The molecule has 1 aliphatic rings. The first-order valence-electron chi connectivity index (χ1n) is 5.98. The second-order valence-electron chi connectivity index (χ2n) is 5.59. The minimum Gasteiger partial charge on any atom is -0.444 e. The molecule has 2 heterocycles. The molecule has 1 aromatic heterocycles. The van der Waals surface area contributed by atoms with Gasteiger partial charge in [-0.2, -0.15) is 5.10 Å². The lowest BCUT2D eigenvalue weighted by molar-refractivity contribution is 0.0166. The zero-order chi connectivity index (χ0) is 13.5. The Morgan fingerprint density at radius 3 is 2.83 bits per heavy atom. The van der Waals surface area contributed by atoms with E-state index in [1.54, 1.807) is 11.1 Å². The second kappa shape index (κ2) is 4.57. The highest BCUT2D eigenvalue weighted by Crippen LogP contribution is 2.27. The molecule has 2 rings (SSSR count). The van der Waals surface area contributed by atoms with E-state index >= 15 is 0 Å². The van der Waals surface area contributed by atoms with E-state index in [-0.39, 0.29) is 12.1 Å². The van der Waals surface area contributed by atoms with Crippen LogP contribution in [0.2, 0.25) is 0 Å². The first-order chi connectivity index (χ1) is 8.28. The molecule has 5 nitrogen and oxygen atoms in total. The molecule has 0 radical (unpaired) electrons. The van der Waals surface area contributed by atoms with Crippen molar-refractivity contribution in [2.24, 2.45) is 0 Å². The molecule has 0 N–H and O–H groups in total. The van der Waals surface area contributed by atoms with Crippen LogP contribution in [-0.4, -0.2) is 32.9 Å². The van der Waals surface area contributed by atoms with Gasteiger partial charge in [-0.1, -0.05) is 0 Å². The average molecular weight is 316 g/mol. The molecule has 1 atom stereocenters. The number of amides is 1. The van der Waals surface area contributed by atoms with Gasteiger partial charge in [0.15, 0.2) is 0 Å². The summed E-state index contributed by atoms with van der Waals surface area (Å²) >= 11 is 3.46. The molecule has 100 valence electrons. The Hall–Kier alpha value is -1.04. The number of hydrogen-bond acceptors (Lipinski definition) is 3. The summed E-state index contributed by atoms with van der Waals surface area (Å²) in [5.74, 6) is 0. The van der Waals surface area contributed by atoms with Crippen LogP contribution in [0.25, 0.3) is 0 Å². The quantitative estimate of drug-likeness (QED) is 0.739. The molecule has 0 saturated carbocycles. The van der Waals surface area contributed by atoms with Gasteiger partial charge in [0.2, 0.25) is 0 Å². The molecule has 1 amide bonds. The first-order valence-corrected chi connectivity index (χ1v) is 6.77. The summed E-state index contributed by atoms with van der Waals surface area (Å²) in [6.07, 6.45) is 1.50. The van der Waals surface area contributed by atoms with Crippen LogP contribution >= 0.6 is 15.9 Å². The average Bonchev–Trinajstić information content (AvgIpc) is 2.58. The SMILES string of the molecule is C[C@@H]1CN(C(=O)OC(C)(C)C)Cc2c(Br)cnn21. The van der Waals surface area contributed by atoms with Crippen LogP contribution in [0.15, 0.2) is 10.7 Å². The van der Waals surface area contributed by atoms with Crippen molar-refractivity contribution in [2.75, 3.05) is 6.54 Å². The maximum atomic E-state index is 12.1. The van der Waals surface area contributed by atoms with Crippen LogP contribution in [0.3, 0.4) is 0 Å². The van der Waals surface area contributed by atoms with Crippen molar-refractivity contribution >= 4 is 22.0 Å². The molecule has 0 saturated heterocycles. The standard InChI is InChI=1S/C12H18BrN3O2/c1-8-6-15(11(17)18-12(2,3)4)7-10-9(13)5-14-16(8)10/h5,8H,6-7H2,1-4H3/t8-/m1/s1. The number of halogens is 1. The van der Waals surface area contributed by atoms with Crippen molar-refractivity contribution in [2.45, 2.75) is 45.9 Å². The van der Waals surface area contributed by atoms with E-state index in [1.165, 1.54) is 0 Å². The number of rotatable bonds is 0. The van der Waals surface area contributed by atoms with Gasteiger partial charge in [-0.05, 0) is 43.6 Å². The molecule has 1 aliphatic heterocycles. The maximum absolute atomic E-state index is 12.1. The second-order valence-corrected chi connectivity index (χ2v) is 6.45. The molecule has 0 aromatic carbocycles. The smallest absolute Gasteiger partial charge is 0.410 e. The van der Waals surface area contributed by atoms with E-state index in [2.05, 4.69) is 21.0 Å². The molecule has 1 aromatic rings. The maximum Gasteiger partial charge on any atom is 0.410 e. The Morgan fingerprint density at radius 2 is 2.22 bits per heavy atom. The Labute approximate surface area is 115 Å². The van der Waals surface area contributed by atoms with Gasteiger partial charge in [-0.25, -0.2) is 4.79 Å². The molecule has 0 fully saturated rings. The summed E-state index contributed by atoms with van der Waals surface area (Å²) in [4.78, 5) is 13.8. The molecule has 0 bridgehead atoms. The minimum absolute atomic E-state index is 0.160. The van der Waals surface area contributed by atoms with Gasteiger partial charge in [-0.15, -0.1) is 0 Å². The van der Waals surface area contributed by atoms with Gasteiger partial charge < -0.3 is 9.64 Å². The fourth-order valence-corrected chi connectivity index (χ4v) is 2.40. The zero-order valence-corrected chi connectivity index (χ0v) is 12.7. The summed E-state index contributed by atoms with van der Waals surface area (Å²) in [6, 6.07) is 0.160. The predicted molar refractivity (Wildman–Crippen MR) is 71.3 cm³/mol. The Balaban J connectivity index is 2.15. The molecular weight excluding hydrogens is 298 g/mol. The lowest BCUT2D eigenvalue weighted by Gasteiger charge is -2.33. The molecule has 0 unspecified atom stereocenters. The van der Waals surface area contributed by atoms with Gasteiger partial charge in [0.25, 0.3) is 0 Å². The lowest BCUT2D eigenvalue weighted by Crippen LogP contribution is -2.43. The van der Waals surface area contributed by atoms with E-state index in [9.17, 15) is 4.79 Å². The van der Waals surface area contributed by atoms with Crippen molar-refractivity contribution in [3.63, 3.8) is 0 Å². The van der Waals surface area contributed by atoms with Crippen molar-refractivity contribution in [3.8, 4) is 0 Å². The third-order valence-electron chi connectivity index (χ3n) is 2.74. The van der Waals surface area contributed by atoms with E-state index in [1.807, 2.05) is 32.4 Å². The van der Waals surface area contributed by atoms with Gasteiger partial charge in [0.05, 0.1) is 29.0 Å². The first kappa shape index (κ1) is 13.4. The van der Waals surface area contributed by atoms with Gasteiger partial charge in [0, 0.05) is 6.54 Å². The lowest BCUT2D eigenvalue weighted by atomic mass is 10.2. The fraction of sp³-hybridized carbons (Fsp3) is 0.667. The van der Waals surface area contributed by atoms with Crippen LogP contribution in [-0.2, 0) is 11.3 Å². The zero-order valence-electron chi connectivity index (χ0n) is 11.1. The molecular formula is C12H18BrN3O2. The van der Waals surface area contributed by atoms with E-state index in [0.29, 0.717) is 13.1 Å². The van der Waals surface area contributed by atoms with Crippen LogP contribution in [0.4, 0.5) is 4.79 Å². The molecule has 18 heavy (non-hydrogen) atoms. The number of fused-ring (bicyclic) bond motifs is 1. The molecule has 6 heteroatoms. The summed E-state index contributed by atoms with van der Waals surface area (Å²) < 4.78 is 8.28. The number of carbonyl (C=O) groups is 1. The number of hydrogen-bond donors (Lipinski definition) is 0. The molecule has 0 aliphatic carbocycles. The van der Waals surface area contributed by atoms with Crippen molar-refractivity contribution in [3.05, 3.63) is 16.4 Å².